The van der Waals surface area contributed by atoms with Gasteiger partial charge in [-0.05, 0) is 30.7 Å². The molecule has 0 fully saturated rings. The highest BCUT2D eigenvalue weighted by Gasteiger charge is 2.12. The van der Waals surface area contributed by atoms with Gasteiger partial charge in [0.25, 0.3) is 0 Å². The van der Waals surface area contributed by atoms with E-state index in [4.69, 9.17) is 18.9 Å². The van der Waals surface area contributed by atoms with Crippen LogP contribution < -0.4 is 24.3 Å². The van der Waals surface area contributed by atoms with Gasteiger partial charge in [-0.15, -0.1) is 0 Å². The van der Waals surface area contributed by atoms with E-state index in [0.717, 1.165) is 21.7 Å². The zero-order valence-corrected chi connectivity index (χ0v) is 16.8. The Kier molecular flexibility index (Phi) is 6.54. The van der Waals surface area contributed by atoms with E-state index in [1.807, 2.05) is 30.3 Å². The molecular weight excluding hydrogens is 380 g/mol. The third-order valence-corrected chi connectivity index (χ3v) is 4.95. The Morgan fingerprint density at radius 3 is 2.36 bits per heavy atom. The van der Waals surface area contributed by atoms with Crippen LogP contribution in [0.1, 0.15) is 12.8 Å². The number of carbonyl (C=O) groups excluding carboxylic acids is 1. The molecule has 0 aliphatic carbocycles. The van der Waals surface area contributed by atoms with E-state index >= 15 is 0 Å². The van der Waals surface area contributed by atoms with Crippen molar-refractivity contribution in [2.24, 2.45) is 0 Å². The number of hydrogen-bond donors (Lipinski definition) is 1. The number of nitrogens with one attached hydrogen (secondary N) is 1. The maximum absolute atomic E-state index is 12.2. The first-order valence-electron chi connectivity index (χ1n) is 8.72. The van der Waals surface area contributed by atoms with Crippen molar-refractivity contribution in [3.63, 3.8) is 0 Å². The number of nitrogens with zero attached hydrogens (tertiary/aromatic N) is 1. The lowest BCUT2D eigenvalue weighted by Gasteiger charge is -2.07. The van der Waals surface area contributed by atoms with E-state index in [0.29, 0.717) is 36.1 Å². The van der Waals surface area contributed by atoms with Crippen LogP contribution in [0.3, 0.4) is 0 Å². The number of methoxy groups -OCH3 is 3. The standard InChI is InChI=1S/C20H22N2O5S/c1-24-13-6-8-14(9-7-13)27-10-4-5-19(23)22-20-21-15-11-16(25-2)17(26-3)12-18(15)28-20/h6-9,11-12H,4-5,10H2,1-3H3,(H,21,22,23). The molecule has 0 atom stereocenters. The summed E-state index contributed by atoms with van der Waals surface area (Å²) in [7, 11) is 4.78. The van der Waals surface area contributed by atoms with Crippen molar-refractivity contribution < 1.29 is 23.7 Å². The zero-order valence-electron chi connectivity index (χ0n) is 16.0. The molecule has 0 aliphatic heterocycles. The molecule has 1 aromatic heterocycles. The highest BCUT2D eigenvalue weighted by Crippen LogP contribution is 2.36. The van der Waals surface area contributed by atoms with Gasteiger partial charge < -0.3 is 24.3 Å². The lowest BCUT2D eigenvalue weighted by molar-refractivity contribution is -0.116. The molecule has 0 saturated carbocycles. The van der Waals surface area contributed by atoms with Gasteiger partial charge in [-0.3, -0.25) is 4.79 Å². The largest absolute Gasteiger partial charge is 0.497 e. The van der Waals surface area contributed by atoms with Crippen LogP contribution in [0.25, 0.3) is 10.2 Å². The summed E-state index contributed by atoms with van der Waals surface area (Å²) in [6, 6.07) is 11.0. The van der Waals surface area contributed by atoms with Crippen LogP contribution in [0.2, 0.25) is 0 Å². The van der Waals surface area contributed by atoms with Crippen LogP contribution in [-0.4, -0.2) is 38.8 Å². The van der Waals surface area contributed by atoms with Crippen molar-refractivity contribution in [3.05, 3.63) is 36.4 Å². The van der Waals surface area contributed by atoms with Gasteiger partial charge in [0.1, 0.15) is 11.5 Å². The van der Waals surface area contributed by atoms with Gasteiger partial charge >= 0.3 is 0 Å². The quantitative estimate of drug-likeness (QED) is 0.543. The second-order valence-corrected chi connectivity index (χ2v) is 6.90. The molecule has 0 unspecified atom stereocenters. The fraction of sp³-hybridized carbons (Fsp3) is 0.300. The van der Waals surface area contributed by atoms with Crippen LogP contribution >= 0.6 is 11.3 Å². The first kappa shape index (κ1) is 19.8. The van der Waals surface area contributed by atoms with Gasteiger partial charge in [-0.1, -0.05) is 11.3 Å². The molecule has 3 rings (SSSR count). The van der Waals surface area contributed by atoms with E-state index in [1.54, 1.807) is 27.4 Å². The van der Waals surface area contributed by atoms with Crippen LogP contribution in [-0.2, 0) is 4.79 Å². The Morgan fingerprint density at radius 1 is 1.00 bits per heavy atom. The smallest absolute Gasteiger partial charge is 0.226 e. The zero-order chi connectivity index (χ0) is 19.9. The number of hydrogen-bond acceptors (Lipinski definition) is 7. The predicted octanol–water partition coefficient (Wildman–Crippen LogP) is 4.12. The lowest BCUT2D eigenvalue weighted by atomic mass is 10.3. The Balaban J connectivity index is 1.50. The SMILES string of the molecule is COc1ccc(OCCCC(=O)Nc2nc3cc(OC)c(OC)cc3s2)cc1. The predicted molar refractivity (Wildman–Crippen MR) is 109 cm³/mol. The molecule has 1 amide bonds. The summed E-state index contributed by atoms with van der Waals surface area (Å²) in [4.78, 5) is 16.6. The molecule has 1 N–H and O–H groups in total. The Labute approximate surface area is 167 Å². The molecule has 2 aromatic carbocycles. The number of aromatic nitrogens is 1. The highest BCUT2D eigenvalue weighted by molar-refractivity contribution is 7.22. The fourth-order valence-electron chi connectivity index (χ4n) is 2.59. The molecule has 0 aliphatic rings. The minimum absolute atomic E-state index is 0.101. The number of fused-ring (bicyclic) bond motifs is 1. The number of carbonyl (C=O) groups is 1. The molecule has 148 valence electrons. The molecule has 0 saturated heterocycles. The summed E-state index contributed by atoms with van der Waals surface area (Å²) in [5.74, 6) is 2.66. The van der Waals surface area contributed by atoms with E-state index in [1.165, 1.54) is 11.3 Å². The van der Waals surface area contributed by atoms with E-state index in [2.05, 4.69) is 10.3 Å². The topological polar surface area (TPSA) is 78.9 Å². The summed E-state index contributed by atoms with van der Waals surface area (Å²) >= 11 is 1.39. The van der Waals surface area contributed by atoms with Crippen LogP contribution in [0.5, 0.6) is 23.0 Å². The number of anilines is 1. The maximum atomic E-state index is 12.2. The van der Waals surface area contributed by atoms with Crippen molar-refractivity contribution in [2.75, 3.05) is 33.3 Å². The van der Waals surface area contributed by atoms with Crippen molar-refractivity contribution >= 4 is 32.6 Å². The molecule has 3 aromatic rings. The average molecular weight is 402 g/mol. The van der Waals surface area contributed by atoms with Crippen LogP contribution in [0.15, 0.2) is 36.4 Å². The van der Waals surface area contributed by atoms with Crippen molar-refractivity contribution in [3.8, 4) is 23.0 Å². The van der Waals surface area contributed by atoms with Gasteiger partial charge in [-0.25, -0.2) is 4.98 Å². The van der Waals surface area contributed by atoms with Gasteiger partial charge in [0.15, 0.2) is 16.6 Å². The number of rotatable bonds is 9. The summed E-state index contributed by atoms with van der Waals surface area (Å²) < 4.78 is 22.2. The summed E-state index contributed by atoms with van der Waals surface area (Å²) in [6.07, 6.45) is 0.948. The number of amides is 1. The third-order valence-electron chi connectivity index (χ3n) is 4.02. The van der Waals surface area contributed by atoms with Gasteiger partial charge in [0.05, 0.1) is 38.2 Å². The minimum Gasteiger partial charge on any atom is -0.497 e. The van der Waals surface area contributed by atoms with E-state index < -0.39 is 0 Å². The third kappa shape index (κ3) is 4.83. The van der Waals surface area contributed by atoms with E-state index in [9.17, 15) is 4.79 Å². The Hall–Kier alpha value is -3.00. The molecule has 0 radical (unpaired) electrons. The Bertz CT molecular complexity index is 899. The molecule has 8 heteroatoms. The Morgan fingerprint density at radius 2 is 1.68 bits per heavy atom. The molecule has 28 heavy (non-hydrogen) atoms. The first-order chi connectivity index (χ1) is 13.6. The van der Waals surface area contributed by atoms with Crippen molar-refractivity contribution in [1.82, 2.24) is 4.98 Å². The fourth-order valence-corrected chi connectivity index (χ4v) is 3.48. The molecule has 1 heterocycles. The minimum atomic E-state index is -0.101. The second kappa shape index (κ2) is 9.27. The number of ether oxygens (including phenoxy) is 4. The normalized spacial score (nSPS) is 10.5. The average Bonchev–Trinajstić information content (AvgIpc) is 3.11. The number of thiazole rings is 1. The summed E-state index contributed by atoms with van der Waals surface area (Å²) in [5, 5.41) is 3.38. The first-order valence-corrected chi connectivity index (χ1v) is 9.54. The van der Waals surface area contributed by atoms with Crippen LogP contribution in [0, 0.1) is 0 Å². The molecule has 0 bridgehead atoms. The van der Waals surface area contributed by atoms with E-state index in [-0.39, 0.29) is 5.91 Å². The second-order valence-electron chi connectivity index (χ2n) is 5.87. The lowest BCUT2D eigenvalue weighted by Crippen LogP contribution is -2.12. The maximum Gasteiger partial charge on any atom is 0.226 e. The molecule has 0 spiro atoms. The van der Waals surface area contributed by atoms with Gasteiger partial charge in [-0.2, -0.15) is 0 Å². The highest BCUT2D eigenvalue weighted by atomic mass is 32.1. The summed E-state index contributed by atoms with van der Waals surface area (Å²) in [5.41, 5.74) is 0.751. The monoisotopic (exact) mass is 402 g/mol. The van der Waals surface area contributed by atoms with Crippen molar-refractivity contribution in [1.29, 1.82) is 0 Å². The van der Waals surface area contributed by atoms with Gasteiger partial charge in [0, 0.05) is 18.6 Å². The van der Waals surface area contributed by atoms with Crippen molar-refractivity contribution in [2.45, 2.75) is 12.8 Å². The van der Waals surface area contributed by atoms with Gasteiger partial charge in [0.2, 0.25) is 5.91 Å². The molecular formula is C20H22N2O5S. The summed E-state index contributed by atoms with van der Waals surface area (Å²) in [6.45, 7) is 0.452. The molecule has 7 nitrogen and oxygen atoms in total. The van der Waals surface area contributed by atoms with Crippen LogP contribution in [0.4, 0.5) is 5.13 Å². The number of benzene rings is 2.